The molecule has 0 bridgehead atoms. The Hall–Kier alpha value is -2.31. The third-order valence-electron chi connectivity index (χ3n) is 4.40. The monoisotopic (exact) mass is 351 g/mol. The minimum Gasteiger partial charge on any atom is -0.350 e. The number of hydrogen-bond acceptors (Lipinski definition) is 2. The number of benzene rings is 1. The number of nitrogens with one attached hydrogen (secondary N) is 1. The highest BCUT2D eigenvalue weighted by molar-refractivity contribution is 5.76. The van der Waals surface area contributed by atoms with Gasteiger partial charge in [0.25, 0.3) is 0 Å². The van der Waals surface area contributed by atoms with Crippen LogP contribution in [0.2, 0.25) is 0 Å². The van der Waals surface area contributed by atoms with Gasteiger partial charge in [-0.05, 0) is 38.2 Å². The largest absolute Gasteiger partial charge is 0.449 e. The zero-order valence-electron chi connectivity index (χ0n) is 14.0. The summed E-state index contributed by atoms with van der Waals surface area (Å²) in [6.45, 7) is 1.89. The van der Waals surface area contributed by atoms with E-state index in [1.165, 1.54) is 0 Å². The number of carbonyl (C=O) groups excluding carboxylic acids is 1. The zero-order chi connectivity index (χ0) is 18.0. The second kappa shape index (κ2) is 6.90. The standard InChI is InChI=1S/C18H20F3N3O/c1-12-6-8-13(9-7-12)10-22-16(25)11-24-15-5-3-2-4-14(15)23-17(24)18(19,20)21/h6-9H,2-5,10-11H2,1H3,(H,22,25). The molecule has 1 aromatic heterocycles. The number of halogens is 3. The first kappa shape index (κ1) is 17.5. The lowest BCUT2D eigenvalue weighted by Gasteiger charge is -2.16. The number of hydrogen-bond donors (Lipinski definition) is 1. The number of carbonyl (C=O) groups is 1. The van der Waals surface area contributed by atoms with E-state index in [2.05, 4.69) is 10.3 Å². The summed E-state index contributed by atoms with van der Waals surface area (Å²) >= 11 is 0. The molecule has 25 heavy (non-hydrogen) atoms. The van der Waals surface area contributed by atoms with Crippen molar-refractivity contribution in [2.75, 3.05) is 0 Å². The summed E-state index contributed by atoms with van der Waals surface area (Å²) in [4.78, 5) is 15.9. The summed E-state index contributed by atoms with van der Waals surface area (Å²) in [7, 11) is 0. The molecule has 134 valence electrons. The van der Waals surface area contributed by atoms with E-state index in [0.717, 1.165) is 28.5 Å². The number of amides is 1. The van der Waals surface area contributed by atoms with Crippen molar-refractivity contribution < 1.29 is 18.0 Å². The highest BCUT2D eigenvalue weighted by atomic mass is 19.4. The lowest BCUT2D eigenvalue weighted by molar-refractivity contribution is -0.147. The molecule has 1 amide bonds. The second-order valence-corrected chi connectivity index (χ2v) is 6.38. The van der Waals surface area contributed by atoms with Crippen molar-refractivity contribution in [1.82, 2.24) is 14.9 Å². The summed E-state index contributed by atoms with van der Waals surface area (Å²) in [5.74, 6) is -1.42. The number of rotatable bonds is 4. The lowest BCUT2D eigenvalue weighted by atomic mass is 10.0. The average Bonchev–Trinajstić information content (AvgIpc) is 2.93. The third-order valence-corrected chi connectivity index (χ3v) is 4.40. The Morgan fingerprint density at radius 3 is 2.56 bits per heavy atom. The van der Waals surface area contributed by atoms with Crippen LogP contribution >= 0.6 is 0 Å². The molecule has 0 aliphatic heterocycles. The highest BCUT2D eigenvalue weighted by Gasteiger charge is 2.39. The van der Waals surface area contributed by atoms with Crippen molar-refractivity contribution in [2.45, 2.75) is 51.9 Å². The van der Waals surface area contributed by atoms with Crippen molar-refractivity contribution in [3.8, 4) is 0 Å². The smallest absolute Gasteiger partial charge is 0.350 e. The number of imidazole rings is 1. The third kappa shape index (κ3) is 4.03. The first-order chi connectivity index (χ1) is 11.8. The maximum atomic E-state index is 13.3. The first-order valence-corrected chi connectivity index (χ1v) is 8.32. The van der Waals surface area contributed by atoms with Crippen LogP contribution in [0, 0.1) is 6.92 Å². The number of nitrogens with zero attached hydrogens (tertiary/aromatic N) is 2. The minimum absolute atomic E-state index is 0.289. The molecule has 1 aliphatic rings. The van der Waals surface area contributed by atoms with Crippen molar-refractivity contribution >= 4 is 5.91 Å². The van der Waals surface area contributed by atoms with Gasteiger partial charge in [0.05, 0.1) is 5.69 Å². The molecule has 0 fully saturated rings. The minimum atomic E-state index is -4.56. The van der Waals surface area contributed by atoms with Crippen molar-refractivity contribution in [2.24, 2.45) is 0 Å². The fourth-order valence-electron chi connectivity index (χ4n) is 3.09. The van der Waals surface area contributed by atoms with E-state index in [4.69, 9.17) is 0 Å². The van der Waals surface area contributed by atoms with Gasteiger partial charge in [0, 0.05) is 12.2 Å². The molecule has 0 spiro atoms. The topological polar surface area (TPSA) is 46.9 Å². The quantitative estimate of drug-likeness (QED) is 0.918. The molecule has 1 aromatic carbocycles. The van der Waals surface area contributed by atoms with Gasteiger partial charge in [-0.15, -0.1) is 0 Å². The molecule has 0 unspecified atom stereocenters. The van der Waals surface area contributed by atoms with Gasteiger partial charge in [-0.25, -0.2) is 4.98 Å². The van der Waals surface area contributed by atoms with Gasteiger partial charge in [0.2, 0.25) is 11.7 Å². The zero-order valence-corrected chi connectivity index (χ0v) is 14.0. The number of aryl methyl sites for hydroxylation is 2. The maximum Gasteiger partial charge on any atom is 0.449 e. The van der Waals surface area contributed by atoms with Gasteiger partial charge in [0.1, 0.15) is 6.54 Å². The predicted octanol–water partition coefficient (Wildman–Crippen LogP) is 3.41. The summed E-state index contributed by atoms with van der Waals surface area (Å²) in [6, 6.07) is 7.62. The Kier molecular flexibility index (Phi) is 4.83. The SMILES string of the molecule is Cc1ccc(CNC(=O)Cn2c(C(F)(F)F)nc3c2CCCC3)cc1. The van der Waals surface area contributed by atoms with Crippen molar-refractivity contribution in [3.63, 3.8) is 0 Å². The summed E-state index contributed by atoms with van der Waals surface area (Å²) in [5, 5.41) is 2.69. The van der Waals surface area contributed by atoms with Gasteiger partial charge in [-0.2, -0.15) is 13.2 Å². The van der Waals surface area contributed by atoms with E-state index in [1.54, 1.807) is 0 Å². The summed E-state index contributed by atoms with van der Waals surface area (Å²) in [6.07, 6.45) is -1.84. The van der Waals surface area contributed by atoms with E-state index < -0.39 is 17.9 Å². The Balaban J connectivity index is 1.74. The van der Waals surface area contributed by atoms with Gasteiger partial charge < -0.3 is 9.88 Å². The molecule has 7 heteroatoms. The Bertz CT molecular complexity index is 763. The first-order valence-electron chi connectivity index (χ1n) is 8.32. The summed E-state index contributed by atoms with van der Waals surface area (Å²) in [5.41, 5.74) is 3.03. The van der Waals surface area contributed by atoms with E-state index in [0.29, 0.717) is 24.2 Å². The van der Waals surface area contributed by atoms with E-state index >= 15 is 0 Å². The van der Waals surface area contributed by atoms with Gasteiger partial charge in [-0.3, -0.25) is 4.79 Å². The molecule has 3 rings (SSSR count). The Morgan fingerprint density at radius 2 is 1.88 bits per heavy atom. The fourth-order valence-corrected chi connectivity index (χ4v) is 3.09. The van der Waals surface area contributed by atoms with Crippen LogP contribution in [0.25, 0.3) is 0 Å². The average molecular weight is 351 g/mol. The Labute approximate surface area is 144 Å². The van der Waals surface area contributed by atoms with Gasteiger partial charge in [0.15, 0.2) is 0 Å². The highest BCUT2D eigenvalue weighted by Crippen LogP contribution is 2.32. The van der Waals surface area contributed by atoms with Crippen LogP contribution in [0.15, 0.2) is 24.3 Å². The van der Waals surface area contributed by atoms with Crippen LogP contribution in [-0.2, 0) is 36.9 Å². The van der Waals surface area contributed by atoms with E-state index in [1.807, 2.05) is 31.2 Å². The van der Waals surface area contributed by atoms with Crippen LogP contribution in [0.5, 0.6) is 0 Å². The molecule has 2 aromatic rings. The molecule has 1 heterocycles. The van der Waals surface area contributed by atoms with Gasteiger partial charge in [-0.1, -0.05) is 29.8 Å². The number of alkyl halides is 3. The Morgan fingerprint density at radius 1 is 1.20 bits per heavy atom. The molecular weight excluding hydrogens is 331 g/mol. The van der Waals surface area contributed by atoms with Crippen molar-refractivity contribution in [1.29, 1.82) is 0 Å². The van der Waals surface area contributed by atoms with Crippen molar-refractivity contribution in [3.05, 3.63) is 52.6 Å². The molecule has 0 radical (unpaired) electrons. The molecular formula is C18H20F3N3O. The van der Waals surface area contributed by atoms with Crippen LogP contribution in [0.4, 0.5) is 13.2 Å². The summed E-state index contributed by atoms with van der Waals surface area (Å²) < 4.78 is 40.8. The second-order valence-electron chi connectivity index (χ2n) is 6.38. The molecule has 0 atom stereocenters. The maximum absolute atomic E-state index is 13.3. The van der Waals surface area contributed by atoms with Crippen LogP contribution < -0.4 is 5.32 Å². The lowest BCUT2D eigenvalue weighted by Crippen LogP contribution is -2.30. The van der Waals surface area contributed by atoms with Gasteiger partial charge >= 0.3 is 6.18 Å². The fraction of sp³-hybridized carbons (Fsp3) is 0.444. The molecule has 0 saturated heterocycles. The molecule has 0 saturated carbocycles. The predicted molar refractivity (Wildman–Crippen MR) is 86.9 cm³/mol. The molecule has 1 aliphatic carbocycles. The van der Waals surface area contributed by atoms with Crippen LogP contribution in [0.3, 0.4) is 0 Å². The number of fused-ring (bicyclic) bond motifs is 1. The molecule has 1 N–H and O–H groups in total. The van der Waals surface area contributed by atoms with E-state index in [9.17, 15) is 18.0 Å². The number of aromatic nitrogens is 2. The molecule has 4 nitrogen and oxygen atoms in total. The normalized spacial score (nSPS) is 14.2. The van der Waals surface area contributed by atoms with Crippen LogP contribution in [0.1, 0.15) is 41.2 Å². The van der Waals surface area contributed by atoms with Crippen LogP contribution in [-0.4, -0.2) is 15.5 Å². The van der Waals surface area contributed by atoms with E-state index in [-0.39, 0.29) is 13.1 Å².